The van der Waals surface area contributed by atoms with Crippen molar-refractivity contribution in [3.63, 3.8) is 0 Å². The molecular weight excluding hydrogens is 221 g/mol. The summed E-state index contributed by atoms with van der Waals surface area (Å²) in [4.78, 5) is 3.92. The Morgan fingerprint density at radius 3 is 2.75 bits per heavy atom. The summed E-state index contributed by atoms with van der Waals surface area (Å²) in [6, 6.07) is 5.16. The van der Waals surface area contributed by atoms with Gasteiger partial charge in [0.15, 0.2) is 0 Å². The molecule has 0 aliphatic carbocycles. The second-order valence-corrected chi connectivity index (χ2v) is 3.24. The molecule has 0 fully saturated rings. The summed E-state index contributed by atoms with van der Waals surface area (Å²) in [6.45, 7) is 0.989. The van der Waals surface area contributed by atoms with Gasteiger partial charge in [-0.3, -0.25) is 0 Å². The largest absolute Gasteiger partial charge is 0.463 e. The van der Waals surface area contributed by atoms with Crippen LogP contribution in [0.1, 0.15) is 5.56 Å². The normalized spacial score (nSPS) is 15.6. The van der Waals surface area contributed by atoms with E-state index in [9.17, 15) is 13.2 Å². The number of hydrogen-bond acceptors (Lipinski definition) is 3. The van der Waals surface area contributed by atoms with Crippen LogP contribution < -0.4 is 5.32 Å². The molecule has 1 aromatic carbocycles. The van der Waals surface area contributed by atoms with Gasteiger partial charge in [-0.1, -0.05) is 6.07 Å². The molecular formula is C10H9F3N2O. The molecule has 0 bridgehead atoms. The first-order chi connectivity index (χ1) is 7.55. The third-order valence-corrected chi connectivity index (χ3v) is 2.03. The molecule has 0 saturated carbocycles. The van der Waals surface area contributed by atoms with E-state index in [-0.39, 0.29) is 6.02 Å². The van der Waals surface area contributed by atoms with Crippen molar-refractivity contribution in [2.45, 2.75) is 6.18 Å². The Morgan fingerprint density at radius 1 is 1.31 bits per heavy atom. The van der Waals surface area contributed by atoms with E-state index < -0.39 is 11.7 Å². The number of ether oxygens (including phenoxy) is 1. The summed E-state index contributed by atoms with van der Waals surface area (Å²) in [6.07, 6.45) is -4.34. The first-order valence-electron chi connectivity index (χ1n) is 4.67. The summed E-state index contributed by atoms with van der Waals surface area (Å²) in [5.74, 6) is 0. The standard InChI is InChI=1S/C10H9F3N2O/c11-10(12,13)7-2-1-3-8(6-7)15-9-14-4-5-16-9/h1-3,6H,4-5H2,(H,14,15). The smallest absolute Gasteiger partial charge is 0.416 e. The Labute approximate surface area is 89.9 Å². The minimum Gasteiger partial charge on any atom is -0.463 e. The Balaban J connectivity index is 2.16. The van der Waals surface area contributed by atoms with Crippen molar-refractivity contribution in [2.75, 3.05) is 18.5 Å². The van der Waals surface area contributed by atoms with Crippen LogP contribution >= 0.6 is 0 Å². The summed E-state index contributed by atoms with van der Waals surface area (Å²) in [5, 5.41) is 2.68. The van der Waals surface area contributed by atoms with E-state index in [2.05, 4.69) is 10.3 Å². The van der Waals surface area contributed by atoms with Gasteiger partial charge in [-0.05, 0) is 18.2 Å². The van der Waals surface area contributed by atoms with Crippen LogP contribution in [0.4, 0.5) is 18.9 Å². The number of halogens is 3. The molecule has 0 amide bonds. The van der Waals surface area contributed by atoms with Gasteiger partial charge in [0, 0.05) is 5.69 Å². The predicted molar refractivity (Wildman–Crippen MR) is 53.3 cm³/mol. The summed E-state index contributed by atoms with van der Waals surface area (Å²) < 4.78 is 42.2. The van der Waals surface area contributed by atoms with Crippen LogP contribution in [0.15, 0.2) is 29.3 Å². The van der Waals surface area contributed by atoms with E-state index in [1.54, 1.807) is 0 Å². The number of hydrogen-bond donors (Lipinski definition) is 1. The van der Waals surface area contributed by atoms with Crippen molar-refractivity contribution in [1.82, 2.24) is 0 Å². The van der Waals surface area contributed by atoms with E-state index in [4.69, 9.17) is 4.74 Å². The third kappa shape index (κ3) is 2.44. The van der Waals surface area contributed by atoms with E-state index in [0.717, 1.165) is 12.1 Å². The van der Waals surface area contributed by atoms with Crippen molar-refractivity contribution in [3.05, 3.63) is 29.8 Å². The predicted octanol–water partition coefficient (Wildman–Crippen LogP) is 2.50. The van der Waals surface area contributed by atoms with Crippen molar-refractivity contribution >= 4 is 11.7 Å². The van der Waals surface area contributed by atoms with Gasteiger partial charge in [0.2, 0.25) is 0 Å². The summed E-state index contributed by atoms with van der Waals surface area (Å²) >= 11 is 0. The Bertz CT molecular complexity index is 415. The summed E-state index contributed by atoms with van der Waals surface area (Å²) in [5.41, 5.74) is -0.383. The highest BCUT2D eigenvalue weighted by atomic mass is 19.4. The number of amidine groups is 1. The van der Waals surface area contributed by atoms with E-state index in [1.165, 1.54) is 12.1 Å². The molecule has 0 atom stereocenters. The zero-order valence-electron chi connectivity index (χ0n) is 8.21. The molecule has 0 unspecified atom stereocenters. The number of aliphatic imine (C=N–C) groups is 1. The fourth-order valence-electron chi connectivity index (χ4n) is 1.31. The van der Waals surface area contributed by atoms with Crippen LogP contribution in [-0.4, -0.2) is 19.2 Å². The zero-order valence-corrected chi connectivity index (χ0v) is 8.21. The molecule has 86 valence electrons. The number of benzene rings is 1. The number of anilines is 1. The van der Waals surface area contributed by atoms with Crippen LogP contribution in [0, 0.1) is 0 Å². The average Bonchev–Trinajstić information content (AvgIpc) is 2.70. The average molecular weight is 230 g/mol. The van der Waals surface area contributed by atoms with E-state index in [0.29, 0.717) is 18.8 Å². The molecule has 0 saturated heterocycles. The lowest BCUT2D eigenvalue weighted by atomic mass is 10.2. The lowest BCUT2D eigenvalue weighted by molar-refractivity contribution is -0.137. The van der Waals surface area contributed by atoms with Gasteiger partial charge in [0.05, 0.1) is 12.1 Å². The van der Waals surface area contributed by atoms with Crippen LogP contribution in [0.25, 0.3) is 0 Å². The molecule has 1 aromatic rings. The monoisotopic (exact) mass is 230 g/mol. The SMILES string of the molecule is FC(F)(F)c1cccc(NC2=NCCO2)c1. The van der Waals surface area contributed by atoms with Gasteiger partial charge in [-0.25, -0.2) is 4.99 Å². The maximum absolute atomic E-state index is 12.4. The number of nitrogens with one attached hydrogen (secondary N) is 1. The Morgan fingerprint density at radius 2 is 2.12 bits per heavy atom. The fraction of sp³-hybridized carbons (Fsp3) is 0.300. The quantitative estimate of drug-likeness (QED) is 0.804. The maximum Gasteiger partial charge on any atom is 0.416 e. The topological polar surface area (TPSA) is 33.6 Å². The Kier molecular flexibility index (Phi) is 2.72. The van der Waals surface area contributed by atoms with Crippen molar-refractivity contribution in [3.8, 4) is 0 Å². The maximum atomic E-state index is 12.4. The molecule has 0 radical (unpaired) electrons. The van der Waals surface area contributed by atoms with E-state index >= 15 is 0 Å². The first kappa shape index (κ1) is 10.8. The number of rotatable bonds is 1. The highest BCUT2D eigenvalue weighted by molar-refractivity contribution is 5.89. The number of alkyl halides is 3. The Hall–Kier alpha value is -1.72. The molecule has 16 heavy (non-hydrogen) atoms. The van der Waals surface area contributed by atoms with Crippen LogP contribution in [0.5, 0.6) is 0 Å². The molecule has 6 heteroatoms. The lowest BCUT2D eigenvalue weighted by Crippen LogP contribution is -2.13. The molecule has 1 aliphatic heterocycles. The molecule has 1 heterocycles. The van der Waals surface area contributed by atoms with Crippen molar-refractivity contribution < 1.29 is 17.9 Å². The van der Waals surface area contributed by atoms with Crippen molar-refractivity contribution in [2.24, 2.45) is 4.99 Å². The minimum atomic E-state index is -4.34. The van der Waals surface area contributed by atoms with Crippen molar-refractivity contribution in [1.29, 1.82) is 0 Å². The second kappa shape index (κ2) is 4.03. The summed E-state index contributed by atoms with van der Waals surface area (Å²) in [7, 11) is 0. The third-order valence-electron chi connectivity index (χ3n) is 2.03. The molecule has 3 nitrogen and oxygen atoms in total. The second-order valence-electron chi connectivity index (χ2n) is 3.24. The fourth-order valence-corrected chi connectivity index (χ4v) is 1.31. The van der Waals surface area contributed by atoms with Crippen LogP contribution in [0.2, 0.25) is 0 Å². The molecule has 0 aromatic heterocycles. The van der Waals surface area contributed by atoms with Gasteiger partial charge in [0.1, 0.15) is 6.61 Å². The number of nitrogens with zero attached hydrogens (tertiary/aromatic N) is 1. The van der Waals surface area contributed by atoms with E-state index in [1.807, 2.05) is 0 Å². The molecule has 1 aliphatic rings. The highest BCUT2D eigenvalue weighted by Gasteiger charge is 2.30. The first-order valence-corrected chi connectivity index (χ1v) is 4.67. The molecule has 2 rings (SSSR count). The van der Waals surface area contributed by atoms with Crippen LogP contribution in [0.3, 0.4) is 0 Å². The molecule has 0 spiro atoms. The zero-order chi connectivity index (χ0) is 11.6. The van der Waals surface area contributed by atoms with Crippen LogP contribution in [-0.2, 0) is 10.9 Å². The highest BCUT2D eigenvalue weighted by Crippen LogP contribution is 2.30. The van der Waals surface area contributed by atoms with Gasteiger partial charge in [-0.2, -0.15) is 13.2 Å². The van der Waals surface area contributed by atoms with Gasteiger partial charge in [-0.15, -0.1) is 0 Å². The lowest BCUT2D eigenvalue weighted by Gasteiger charge is -2.09. The van der Waals surface area contributed by atoms with Gasteiger partial charge >= 0.3 is 6.18 Å². The van der Waals surface area contributed by atoms with Gasteiger partial charge in [0.25, 0.3) is 6.02 Å². The minimum absolute atomic E-state index is 0.263. The van der Waals surface area contributed by atoms with Gasteiger partial charge < -0.3 is 10.1 Å². The molecule has 1 N–H and O–H groups in total.